The van der Waals surface area contributed by atoms with Crippen LogP contribution in [0.2, 0.25) is 5.02 Å². The van der Waals surface area contributed by atoms with E-state index in [2.05, 4.69) is 20.4 Å². The average molecular weight is 417 g/mol. The average Bonchev–Trinajstić information content (AvgIpc) is 3.46. The molecule has 2 heterocycles. The Morgan fingerprint density at radius 2 is 1.21 bits per heavy atom. The molecular formula is C22H13ClN4OS. The smallest absolute Gasteiger partial charge is 0.248 e. The maximum absolute atomic E-state index is 5.94. The molecule has 7 heteroatoms. The monoisotopic (exact) mass is 416 g/mol. The highest BCUT2D eigenvalue weighted by Crippen LogP contribution is 2.32. The minimum Gasteiger partial charge on any atom is -0.416 e. The van der Waals surface area contributed by atoms with Gasteiger partial charge in [0.15, 0.2) is 0 Å². The van der Waals surface area contributed by atoms with Crippen LogP contribution in [-0.4, -0.2) is 20.4 Å². The molecule has 5 aromatic rings. The summed E-state index contributed by atoms with van der Waals surface area (Å²) < 4.78 is 5.86. The van der Waals surface area contributed by atoms with Crippen LogP contribution in [0.4, 0.5) is 0 Å². The molecule has 2 aromatic heterocycles. The molecule has 0 radical (unpaired) electrons. The molecule has 0 atom stereocenters. The second-order valence-electron chi connectivity index (χ2n) is 6.28. The summed E-state index contributed by atoms with van der Waals surface area (Å²) in [4.78, 5) is 0. The van der Waals surface area contributed by atoms with Gasteiger partial charge in [0, 0.05) is 27.3 Å². The van der Waals surface area contributed by atoms with Gasteiger partial charge in [0.2, 0.25) is 11.8 Å². The Morgan fingerprint density at radius 1 is 0.586 bits per heavy atom. The van der Waals surface area contributed by atoms with Crippen LogP contribution < -0.4 is 0 Å². The Bertz CT molecular complexity index is 1270. The number of benzene rings is 3. The third kappa shape index (κ3) is 3.68. The topological polar surface area (TPSA) is 64.7 Å². The summed E-state index contributed by atoms with van der Waals surface area (Å²) in [6.45, 7) is 0. The standard InChI is InChI=1S/C22H13ClN4OS/c23-18-11-9-14(10-12-18)19-24-25-20(28-19)16-7-4-8-17(13-16)22-27-26-21(29-22)15-5-2-1-3-6-15/h1-13H. The Balaban J connectivity index is 1.45. The van der Waals surface area contributed by atoms with Crippen molar-refractivity contribution in [1.82, 2.24) is 20.4 Å². The van der Waals surface area contributed by atoms with E-state index in [0.717, 1.165) is 32.3 Å². The first kappa shape index (κ1) is 17.7. The predicted molar refractivity (Wildman–Crippen MR) is 115 cm³/mol. The molecule has 0 fully saturated rings. The summed E-state index contributed by atoms with van der Waals surface area (Å²) in [6, 6.07) is 25.2. The summed E-state index contributed by atoms with van der Waals surface area (Å²) in [6.07, 6.45) is 0. The number of aromatic nitrogens is 4. The third-order valence-corrected chi connectivity index (χ3v) is 5.59. The molecule has 0 spiro atoms. The van der Waals surface area contributed by atoms with Gasteiger partial charge in [0.05, 0.1) is 0 Å². The molecule has 5 nitrogen and oxygen atoms in total. The Kier molecular flexibility index (Phi) is 4.63. The first-order valence-corrected chi connectivity index (χ1v) is 10.0. The van der Waals surface area contributed by atoms with E-state index in [0.29, 0.717) is 16.8 Å². The van der Waals surface area contributed by atoms with Crippen LogP contribution in [0.15, 0.2) is 83.3 Å². The van der Waals surface area contributed by atoms with Crippen molar-refractivity contribution in [2.75, 3.05) is 0 Å². The lowest BCUT2D eigenvalue weighted by atomic mass is 10.1. The van der Waals surface area contributed by atoms with Crippen molar-refractivity contribution >= 4 is 22.9 Å². The molecule has 0 amide bonds. The number of rotatable bonds is 4. The van der Waals surface area contributed by atoms with Crippen molar-refractivity contribution in [3.63, 3.8) is 0 Å². The first-order chi connectivity index (χ1) is 14.3. The van der Waals surface area contributed by atoms with E-state index >= 15 is 0 Å². The lowest BCUT2D eigenvalue weighted by molar-refractivity contribution is 0.584. The lowest BCUT2D eigenvalue weighted by Gasteiger charge is -1.99. The summed E-state index contributed by atoms with van der Waals surface area (Å²) in [7, 11) is 0. The van der Waals surface area contributed by atoms with Crippen LogP contribution in [0.5, 0.6) is 0 Å². The van der Waals surface area contributed by atoms with Crippen LogP contribution >= 0.6 is 22.9 Å². The van der Waals surface area contributed by atoms with Crippen LogP contribution in [0.3, 0.4) is 0 Å². The van der Waals surface area contributed by atoms with Gasteiger partial charge in [0.1, 0.15) is 10.0 Å². The fraction of sp³-hybridized carbons (Fsp3) is 0. The zero-order valence-electron chi connectivity index (χ0n) is 15.0. The predicted octanol–water partition coefficient (Wildman–Crippen LogP) is 6.24. The minimum absolute atomic E-state index is 0.448. The van der Waals surface area contributed by atoms with Crippen molar-refractivity contribution in [2.24, 2.45) is 0 Å². The van der Waals surface area contributed by atoms with E-state index < -0.39 is 0 Å². The summed E-state index contributed by atoms with van der Waals surface area (Å²) in [5, 5.41) is 19.4. The number of halogens is 1. The van der Waals surface area contributed by atoms with Gasteiger partial charge in [-0.2, -0.15) is 0 Å². The van der Waals surface area contributed by atoms with Gasteiger partial charge in [-0.1, -0.05) is 65.4 Å². The lowest BCUT2D eigenvalue weighted by Crippen LogP contribution is -1.81. The highest BCUT2D eigenvalue weighted by molar-refractivity contribution is 7.17. The van der Waals surface area contributed by atoms with Crippen LogP contribution in [-0.2, 0) is 0 Å². The Labute approximate surface area is 175 Å². The van der Waals surface area contributed by atoms with E-state index in [1.165, 1.54) is 0 Å². The highest BCUT2D eigenvalue weighted by Gasteiger charge is 2.13. The summed E-state index contributed by atoms with van der Waals surface area (Å²) in [5.74, 6) is 0.897. The molecule has 0 bridgehead atoms. The zero-order chi connectivity index (χ0) is 19.6. The quantitative estimate of drug-likeness (QED) is 0.347. The molecule has 5 rings (SSSR count). The minimum atomic E-state index is 0.448. The number of hydrogen-bond donors (Lipinski definition) is 0. The van der Waals surface area contributed by atoms with E-state index in [1.54, 1.807) is 23.5 Å². The molecule has 0 aliphatic rings. The maximum atomic E-state index is 5.94. The second kappa shape index (κ2) is 7.58. The van der Waals surface area contributed by atoms with E-state index in [9.17, 15) is 0 Å². The van der Waals surface area contributed by atoms with E-state index in [4.69, 9.17) is 16.0 Å². The first-order valence-electron chi connectivity index (χ1n) is 8.85. The fourth-order valence-electron chi connectivity index (χ4n) is 2.87. The molecule has 0 unspecified atom stereocenters. The van der Waals surface area contributed by atoms with Crippen molar-refractivity contribution in [1.29, 1.82) is 0 Å². The maximum Gasteiger partial charge on any atom is 0.248 e. The SMILES string of the molecule is Clc1ccc(-c2nnc(-c3cccc(-c4nnc(-c5ccccc5)s4)c3)o2)cc1. The van der Waals surface area contributed by atoms with Crippen LogP contribution in [0, 0.1) is 0 Å². The molecule has 0 aliphatic carbocycles. The number of hydrogen-bond acceptors (Lipinski definition) is 6. The van der Waals surface area contributed by atoms with Gasteiger partial charge in [-0.3, -0.25) is 0 Å². The third-order valence-electron chi connectivity index (χ3n) is 4.32. The zero-order valence-corrected chi connectivity index (χ0v) is 16.6. The van der Waals surface area contributed by atoms with Gasteiger partial charge < -0.3 is 4.42 Å². The normalized spacial score (nSPS) is 10.9. The molecule has 0 saturated carbocycles. The molecule has 140 valence electrons. The Morgan fingerprint density at radius 3 is 1.97 bits per heavy atom. The van der Waals surface area contributed by atoms with E-state index in [1.807, 2.05) is 66.7 Å². The number of nitrogens with zero attached hydrogens (tertiary/aromatic N) is 4. The Hall–Kier alpha value is -3.35. The van der Waals surface area contributed by atoms with Gasteiger partial charge in [-0.05, 0) is 36.4 Å². The van der Waals surface area contributed by atoms with Gasteiger partial charge >= 0.3 is 0 Å². The molecular weight excluding hydrogens is 404 g/mol. The summed E-state index contributed by atoms with van der Waals surface area (Å²) in [5.41, 5.74) is 3.65. The van der Waals surface area contributed by atoms with Gasteiger partial charge in [-0.25, -0.2) is 0 Å². The van der Waals surface area contributed by atoms with Gasteiger partial charge in [0.25, 0.3) is 0 Å². The molecule has 0 N–H and O–H groups in total. The van der Waals surface area contributed by atoms with Crippen molar-refractivity contribution in [3.05, 3.63) is 83.9 Å². The molecule has 3 aromatic carbocycles. The fourth-order valence-corrected chi connectivity index (χ4v) is 3.84. The largest absolute Gasteiger partial charge is 0.416 e. The summed E-state index contributed by atoms with van der Waals surface area (Å²) >= 11 is 7.49. The molecule has 0 aliphatic heterocycles. The van der Waals surface area contributed by atoms with Crippen molar-refractivity contribution in [2.45, 2.75) is 0 Å². The molecule has 29 heavy (non-hydrogen) atoms. The van der Waals surface area contributed by atoms with Crippen LogP contribution in [0.1, 0.15) is 0 Å². The van der Waals surface area contributed by atoms with Crippen molar-refractivity contribution in [3.8, 4) is 44.1 Å². The van der Waals surface area contributed by atoms with Crippen molar-refractivity contribution < 1.29 is 4.42 Å². The van der Waals surface area contributed by atoms with Gasteiger partial charge in [-0.15, -0.1) is 20.4 Å². The second-order valence-corrected chi connectivity index (χ2v) is 7.69. The van der Waals surface area contributed by atoms with Crippen LogP contribution in [0.25, 0.3) is 44.1 Å². The highest BCUT2D eigenvalue weighted by atomic mass is 35.5. The molecule has 0 saturated heterocycles. The van der Waals surface area contributed by atoms with E-state index in [-0.39, 0.29) is 0 Å².